The molecule has 2 aliphatic rings. The van der Waals surface area contributed by atoms with E-state index in [0.29, 0.717) is 11.7 Å². The van der Waals surface area contributed by atoms with Crippen LogP contribution in [0.1, 0.15) is 57.7 Å². The van der Waals surface area contributed by atoms with Gasteiger partial charge < -0.3 is 10.3 Å². The standard InChI is InChI=1S/C15H26N4O/c1-15(2,16)14-17-13(20-18-14)10-19-8-7-11-5-3-4-6-12(11)9-19/h11-12H,3-10,16H2,1-2H3. The second kappa shape index (κ2) is 5.45. The monoisotopic (exact) mass is 278 g/mol. The van der Waals surface area contributed by atoms with Crippen LogP contribution in [0.5, 0.6) is 0 Å². The Balaban J connectivity index is 1.59. The van der Waals surface area contributed by atoms with Gasteiger partial charge in [-0.25, -0.2) is 0 Å². The van der Waals surface area contributed by atoms with Gasteiger partial charge >= 0.3 is 0 Å². The first-order valence-corrected chi connectivity index (χ1v) is 7.86. The van der Waals surface area contributed by atoms with Crippen LogP contribution in [0.3, 0.4) is 0 Å². The molecule has 5 nitrogen and oxygen atoms in total. The number of hydrogen-bond donors (Lipinski definition) is 1. The molecule has 0 aromatic carbocycles. The van der Waals surface area contributed by atoms with Crippen molar-refractivity contribution in [1.82, 2.24) is 15.0 Å². The molecule has 3 rings (SSSR count). The summed E-state index contributed by atoms with van der Waals surface area (Å²) in [6, 6.07) is 0. The van der Waals surface area contributed by atoms with Crippen LogP contribution in [0.25, 0.3) is 0 Å². The van der Waals surface area contributed by atoms with Gasteiger partial charge in [-0.3, -0.25) is 4.90 Å². The van der Waals surface area contributed by atoms with Crippen molar-refractivity contribution in [3.8, 4) is 0 Å². The van der Waals surface area contributed by atoms with Crippen LogP contribution in [0, 0.1) is 11.8 Å². The van der Waals surface area contributed by atoms with Gasteiger partial charge in [-0.05, 0) is 45.1 Å². The van der Waals surface area contributed by atoms with Gasteiger partial charge in [0, 0.05) is 6.54 Å². The summed E-state index contributed by atoms with van der Waals surface area (Å²) in [4.78, 5) is 6.90. The molecule has 5 heteroatoms. The van der Waals surface area contributed by atoms with Crippen molar-refractivity contribution in [2.75, 3.05) is 13.1 Å². The molecule has 1 aromatic heterocycles. The Labute approximate surface area is 120 Å². The molecule has 0 radical (unpaired) electrons. The molecule has 0 bridgehead atoms. The predicted octanol–water partition coefficient (Wildman–Crippen LogP) is 2.28. The van der Waals surface area contributed by atoms with Gasteiger partial charge in [0.15, 0.2) is 5.82 Å². The third kappa shape index (κ3) is 3.04. The second-order valence-corrected chi connectivity index (χ2v) is 7.06. The zero-order valence-electron chi connectivity index (χ0n) is 12.6. The fourth-order valence-corrected chi connectivity index (χ4v) is 3.59. The largest absolute Gasteiger partial charge is 0.338 e. The first kappa shape index (κ1) is 14.0. The summed E-state index contributed by atoms with van der Waals surface area (Å²) in [7, 11) is 0. The smallest absolute Gasteiger partial charge is 0.240 e. The highest BCUT2D eigenvalue weighted by atomic mass is 16.5. The first-order valence-electron chi connectivity index (χ1n) is 7.86. The predicted molar refractivity (Wildman–Crippen MR) is 76.9 cm³/mol. The molecular weight excluding hydrogens is 252 g/mol. The molecule has 112 valence electrons. The molecule has 1 aliphatic carbocycles. The van der Waals surface area contributed by atoms with Crippen molar-refractivity contribution >= 4 is 0 Å². The average Bonchev–Trinajstić information content (AvgIpc) is 2.87. The van der Waals surface area contributed by atoms with Crippen molar-refractivity contribution in [3.63, 3.8) is 0 Å². The number of piperidine rings is 1. The Bertz CT molecular complexity index is 451. The lowest BCUT2D eigenvalue weighted by molar-refractivity contribution is 0.0746. The zero-order chi connectivity index (χ0) is 14.2. The van der Waals surface area contributed by atoms with E-state index in [4.69, 9.17) is 10.3 Å². The second-order valence-electron chi connectivity index (χ2n) is 7.06. The maximum Gasteiger partial charge on any atom is 0.240 e. The van der Waals surface area contributed by atoms with Crippen LogP contribution < -0.4 is 5.73 Å². The van der Waals surface area contributed by atoms with E-state index in [1.165, 1.54) is 38.6 Å². The molecule has 0 amide bonds. The third-order valence-corrected chi connectivity index (χ3v) is 4.78. The van der Waals surface area contributed by atoms with Crippen LogP contribution in [0.4, 0.5) is 0 Å². The lowest BCUT2D eigenvalue weighted by atomic mass is 9.75. The van der Waals surface area contributed by atoms with Gasteiger partial charge in [0.1, 0.15) is 0 Å². The molecule has 1 aliphatic heterocycles. The van der Waals surface area contributed by atoms with E-state index in [0.717, 1.165) is 24.9 Å². The van der Waals surface area contributed by atoms with E-state index in [9.17, 15) is 0 Å². The molecule has 20 heavy (non-hydrogen) atoms. The number of hydrogen-bond acceptors (Lipinski definition) is 5. The highest BCUT2D eigenvalue weighted by molar-refractivity contribution is 4.99. The topological polar surface area (TPSA) is 68.2 Å². The zero-order valence-corrected chi connectivity index (χ0v) is 12.6. The van der Waals surface area contributed by atoms with Crippen LogP contribution >= 0.6 is 0 Å². The molecule has 2 unspecified atom stereocenters. The van der Waals surface area contributed by atoms with E-state index in [-0.39, 0.29) is 0 Å². The van der Waals surface area contributed by atoms with Crippen LogP contribution in [-0.4, -0.2) is 28.1 Å². The van der Waals surface area contributed by atoms with Gasteiger partial charge in [0.25, 0.3) is 0 Å². The highest BCUT2D eigenvalue weighted by Crippen LogP contribution is 2.36. The van der Waals surface area contributed by atoms with Crippen molar-refractivity contribution < 1.29 is 4.52 Å². The van der Waals surface area contributed by atoms with E-state index in [2.05, 4.69) is 15.0 Å². The number of aromatic nitrogens is 2. The Hall–Kier alpha value is -0.940. The Kier molecular flexibility index (Phi) is 3.82. The normalized spacial score (nSPS) is 28.4. The first-order chi connectivity index (χ1) is 9.52. The van der Waals surface area contributed by atoms with Crippen LogP contribution in [-0.2, 0) is 12.1 Å². The summed E-state index contributed by atoms with van der Waals surface area (Å²) in [6.07, 6.45) is 6.99. The highest BCUT2D eigenvalue weighted by Gasteiger charge is 2.32. The van der Waals surface area contributed by atoms with Crippen molar-refractivity contribution in [3.05, 3.63) is 11.7 Å². The Morgan fingerprint density at radius 3 is 2.70 bits per heavy atom. The van der Waals surface area contributed by atoms with E-state index in [1.54, 1.807) is 0 Å². The number of nitrogens with zero attached hydrogens (tertiary/aromatic N) is 3. The Morgan fingerprint density at radius 2 is 2.00 bits per heavy atom. The van der Waals surface area contributed by atoms with E-state index < -0.39 is 5.54 Å². The minimum Gasteiger partial charge on any atom is -0.338 e. The third-order valence-electron chi connectivity index (χ3n) is 4.78. The fourth-order valence-electron chi connectivity index (χ4n) is 3.59. The van der Waals surface area contributed by atoms with Gasteiger partial charge in [-0.1, -0.05) is 24.4 Å². The quantitative estimate of drug-likeness (QED) is 0.918. The lowest BCUT2D eigenvalue weighted by Gasteiger charge is -2.40. The molecule has 2 N–H and O–H groups in total. The SMILES string of the molecule is CC(C)(N)c1noc(CN2CCC3CCCCC3C2)n1. The van der Waals surface area contributed by atoms with Crippen LogP contribution in [0.2, 0.25) is 0 Å². The number of fused-ring (bicyclic) bond motifs is 1. The van der Waals surface area contributed by atoms with Crippen LogP contribution in [0.15, 0.2) is 4.52 Å². The minimum absolute atomic E-state index is 0.530. The molecule has 0 spiro atoms. The van der Waals surface area contributed by atoms with Crippen molar-refractivity contribution in [2.45, 2.75) is 58.0 Å². The van der Waals surface area contributed by atoms with Gasteiger partial charge in [-0.15, -0.1) is 0 Å². The van der Waals surface area contributed by atoms with Crippen molar-refractivity contribution in [1.29, 1.82) is 0 Å². The van der Waals surface area contributed by atoms with Gasteiger partial charge in [0.2, 0.25) is 5.89 Å². The summed E-state index contributed by atoms with van der Waals surface area (Å²) >= 11 is 0. The maximum absolute atomic E-state index is 5.99. The average molecular weight is 278 g/mol. The molecule has 2 fully saturated rings. The Morgan fingerprint density at radius 1 is 1.25 bits per heavy atom. The number of likely N-dealkylation sites (tertiary alicyclic amines) is 1. The molecular formula is C15H26N4O. The van der Waals surface area contributed by atoms with Gasteiger partial charge in [0.05, 0.1) is 12.1 Å². The lowest BCUT2D eigenvalue weighted by Crippen LogP contribution is -2.41. The summed E-state index contributed by atoms with van der Waals surface area (Å²) in [5, 5.41) is 4.00. The summed E-state index contributed by atoms with van der Waals surface area (Å²) < 4.78 is 5.35. The molecule has 1 saturated heterocycles. The molecule has 2 heterocycles. The number of nitrogens with two attached hydrogens (primary N) is 1. The van der Waals surface area contributed by atoms with Gasteiger partial charge in [-0.2, -0.15) is 4.98 Å². The molecule has 2 atom stereocenters. The fraction of sp³-hybridized carbons (Fsp3) is 0.867. The van der Waals surface area contributed by atoms with E-state index in [1.807, 2.05) is 13.8 Å². The van der Waals surface area contributed by atoms with E-state index >= 15 is 0 Å². The summed E-state index contributed by atoms with van der Waals surface area (Å²) in [6.45, 7) is 6.91. The number of rotatable bonds is 3. The summed E-state index contributed by atoms with van der Waals surface area (Å²) in [5.74, 6) is 3.14. The maximum atomic E-state index is 5.99. The summed E-state index contributed by atoms with van der Waals surface area (Å²) in [5.41, 5.74) is 5.46. The minimum atomic E-state index is -0.530. The molecule has 1 aromatic rings. The van der Waals surface area contributed by atoms with Crippen molar-refractivity contribution in [2.24, 2.45) is 17.6 Å². The molecule has 1 saturated carbocycles.